The molecule has 0 radical (unpaired) electrons. The number of hydrogen-bond donors (Lipinski definition) is 1. The van der Waals surface area contributed by atoms with Crippen LogP contribution in [0.4, 0.5) is 0 Å². The fraction of sp³-hybridized carbons (Fsp3) is 0.182. The fourth-order valence-electron chi connectivity index (χ4n) is 1.47. The van der Waals surface area contributed by atoms with Gasteiger partial charge in [0.15, 0.2) is 5.76 Å². The lowest BCUT2D eigenvalue weighted by Crippen LogP contribution is -2.04. The van der Waals surface area contributed by atoms with Crippen LogP contribution in [0.2, 0.25) is 5.02 Å². The van der Waals surface area contributed by atoms with Crippen molar-refractivity contribution >= 4 is 27.5 Å². The molecule has 1 heterocycles. The minimum atomic E-state index is 0.642. The molecule has 1 N–H and O–H groups in total. The molecule has 0 aliphatic heterocycles. The van der Waals surface area contributed by atoms with Gasteiger partial charge in [0, 0.05) is 22.1 Å². The summed E-state index contributed by atoms with van der Waals surface area (Å²) in [5, 5.41) is 7.50. The first-order valence-electron chi connectivity index (χ1n) is 4.76. The van der Waals surface area contributed by atoms with Crippen LogP contribution in [0.15, 0.2) is 33.4 Å². The smallest absolute Gasteiger partial charge is 0.172 e. The van der Waals surface area contributed by atoms with E-state index in [2.05, 4.69) is 26.4 Å². The molecular weight excluding hydrogens is 291 g/mol. The summed E-state index contributed by atoms with van der Waals surface area (Å²) in [5.74, 6) is 0.715. The Hall–Kier alpha value is -0.840. The van der Waals surface area contributed by atoms with Gasteiger partial charge in [0.05, 0.1) is 11.2 Å². The van der Waals surface area contributed by atoms with Crippen molar-refractivity contribution < 1.29 is 4.52 Å². The number of hydrogen-bond acceptors (Lipinski definition) is 3. The van der Waals surface area contributed by atoms with Crippen molar-refractivity contribution in [3.8, 4) is 11.3 Å². The lowest BCUT2D eigenvalue weighted by Gasteiger charge is -2.03. The van der Waals surface area contributed by atoms with Gasteiger partial charge in [-0.1, -0.05) is 32.7 Å². The first kappa shape index (κ1) is 11.6. The summed E-state index contributed by atoms with van der Waals surface area (Å²) in [5.41, 5.74) is 1.85. The average Bonchev–Trinajstić information content (AvgIpc) is 2.67. The Balaban J connectivity index is 2.46. The van der Waals surface area contributed by atoms with Crippen molar-refractivity contribution in [1.29, 1.82) is 0 Å². The Morgan fingerprint density at radius 2 is 2.31 bits per heavy atom. The molecular formula is C11H10BrClN2O. The molecule has 3 nitrogen and oxygen atoms in total. The summed E-state index contributed by atoms with van der Waals surface area (Å²) < 4.78 is 6.17. The van der Waals surface area contributed by atoms with Crippen LogP contribution in [0.25, 0.3) is 11.3 Å². The third-order valence-corrected chi connectivity index (χ3v) is 2.99. The maximum absolute atomic E-state index is 6.15. The number of rotatable bonds is 3. The number of nitrogens with zero attached hydrogens (tertiary/aromatic N) is 1. The number of benzene rings is 1. The molecule has 16 heavy (non-hydrogen) atoms. The third-order valence-electron chi connectivity index (χ3n) is 2.19. The zero-order valence-corrected chi connectivity index (χ0v) is 11.0. The zero-order valence-electron chi connectivity index (χ0n) is 8.63. The van der Waals surface area contributed by atoms with Crippen molar-refractivity contribution in [2.24, 2.45) is 0 Å². The fourth-order valence-corrected chi connectivity index (χ4v) is 2.23. The summed E-state index contributed by atoms with van der Waals surface area (Å²) in [4.78, 5) is 0. The van der Waals surface area contributed by atoms with Crippen LogP contribution >= 0.6 is 27.5 Å². The average molecular weight is 302 g/mol. The second kappa shape index (κ2) is 4.99. The van der Waals surface area contributed by atoms with E-state index in [1.807, 2.05) is 25.2 Å². The predicted octanol–water partition coefficient (Wildman–Crippen LogP) is 3.48. The Kier molecular flexibility index (Phi) is 3.63. The van der Waals surface area contributed by atoms with Gasteiger partial charge in [0.1, 0.15) is 0 Å². The van der Waals surface area contributed by atoms with Crippen LogP contribution in [-0.2, 0) is 6.54 Å². The Bertz CT molecular complexity index is 498. The second-order valence-electron chi connectivity index (χ2n) is 3.33. The van der Waals surface area contributed by atoms with Crippen LogP contribution in [-0.4, -0.2) is 12.2 Å². The van der Waals surface area contributed by atoms with Crippen molar-refractivity contribution in [3.63, 3.8) is 0 Å². The zero-order chi connectivity index (χ0) is 11.5. The van der Waals surface area contributed by atoms with E-state index >= 15 is 0 Å². The molecule has 2 rings (SSSR count). The number of aromatic nitrogens is 1. The van der Waals surface area contributed by atoms with E-state index in [0.717, 1.165) is 15.6 Å². The Labute approximate surface area is 107 Å². The van der Waals surface area contributed by atoms with Crippen LogP contribution in [0.3, 0.4) is 0 Å². The number of halogens is 2. The van der Waals surface area contributed by atoms with Gasteiger partial charge in [-0.15, -0.1) is 0 Å². The monoisotopic (exact) mass is 300 g/mol. The van der Waals surface area contributed by atoms with E-state index in [9.17, 15) is 0 Å². The molecule has 0 amide bonds. The highest BCUT2D eigenvalue weighted by molar-refractivity contribution is 9.10. The number of nitrogens with one attached hydrogen (secondary N) is 1. The molecule has 5 heteroatoms. The van der Waals surface area contributed by atoms with E-state index < -0.39 is 0 Å². The van der Waals surface area contributed by atoms with Crippen molar-refractivity contribution in [2.75, 3.05) is 7.05 Å². The van der Waals surface area contributed by atoms with Gasteiger partial charge in [-0.3, -0.25) is 0 Å². The van der Waals surface area contributed by atoms with Crippen LogP contribution in [0.1, 0.15) is 5.56 Å². The van der Waals surface area contributed by atoms with E-state index in [1.165, 1.54) is 0 Å². The van der Waals surface area contributed by atoms with E-state index in [-0.39, 0.29) is 0 Å². The largest absolute Gasteiger partial charge is 0.356 e. The van der Waals surface area contributed by atoms with Gasteiger partial charge in [-0.25, -0.2) is 0 Å². The highest BCUT2D eigenvalue weighted by atomic mass is 79.9. The van der Waals surface area contributed by atoms with Gasteiger partial charge in [0.25, 0.3) is 0 Å². The lowest BCUT2D eigenvalue weighted by molar-refractivity contribution is 0.431. The van der Waals surface area contributed by atoms with Crippen LogP contribution in [0.5, 0.6) is 0 Å². The highest BCUT2D eigenvalue weighted by Crippen LogP contribution is 2.32. The van der Waals surface area contributed by atoms with Gasteiger partial charge in [0.2, 0.25) is 0 Å². The molecule has 0 spiro atoms. The molecule has 0 aliphatic carbocycles. The molecule has 0 atom stereocenters. The molecule has 0 fully saturated rings. The molecule has 0 aliphatic rings. The van der Waals surface area contributed by atoms with Crippen molar-refractivity contribution in [3.05, 3.63) is 39.5 Å². The molecule has 84 valence electrons. The Morgan fingerprint density at radius 3 is 3.00 bits per heavy atom. The van der Waals surface area contributed by atoms with Gasteiger partial charge in [-0.05, 0) is 25.2 Å². The maximum Gasteiger partial charge on any atom is 0.172 e. The molecule has 1 aromatic heterocycles. The van der Waals surface area contributed by atoms with Crippen molar-refractivity contribution in [1.82, 2.24) is 10.5 Å². The molecule has 0 saturated carbocycles. The topological polar surface area (TPSA) is 38.1 Å². The molecule has 2 aromatic rings. The molecule has 0 unspecified atom stereocenters. The molecule has 0 bridgehead atoms. The quantitative estimate of drug-likeness (QED) is 0.943. The van der Waals surface area contributed by atoms with Crippen LogP contribution in [0, 0.1) is 0 Å². The van der Waals surface area contributed by atoms with E-state index in [1.54, 1.807) is 6.20 Å². The first-order chi connectivity index (χ1) is 7.72. The predicted molar refractivity (Wildman–Crippen MR) is 67.4 cm³/mol. The summed E-state index contributed by atoms with van der Waals surface area (Å²) in [6, 6.07) is 5.67. The first-order valence-corrected chi connectivity index (χ1v) is 5.93. The van der Waals surface area contributed by atoms with Crippen molar-refractivity contribution in [2.45, 2.75) is 6.54 Å². The lowest BCUT2D eigenvalue weighted by atomic mass is 10.1. The van der Waals surface area contributed by atoms with Gasteiger partial charge < -0.3 is 9.84 Å². The Morgan fingerprint density at radius 1 is 1.50 bits per heavy atom. The minimum absolute atomic E-state index is 0.642. The molecule has 1 aromatic carbocycles. The van der Waals surface area contributed by atoms with Crippen LogP contribution < -0.4 is 5.32 Å². The summed E-state index contributed by atoms with van der Waals surface area (Å²) >= 11 is 9.52. The maximum atomic E-state index is 6.15. The van der Waals surface area contributed by atoms with Gasteiger partial charge in [-0.2, -0.15) is 0 Å². The summed E-state index contributed by atoms with van der Waals surface area (Å²) in [6.07, 6.45) is 1.70. The standard InChI is InChI=1S/C11H10BrClN2O/c1-14-5-7-6-15-16-11(7)9-3-2-8(12)4-10(9)13/h2-4,6,14H,5H2,1H3. The summed E-state index contributed by atoms with van der Waals surface area (Å²) in [7, 11) is 1.87. The molecule has 0 saturated heterocycles. The normalized spacial score (nSPS) is 10.7. The minimum Gasteiger partial charge on any atom is -0.356 e. The van der Waals surface area contributed by atoms with E-state index in [0.29, 0.717) is 17.3 Å². The second-order valence-corrected chi connectivity index (χ2v) is 4.66. The SMILES string of the molecule is CNCc1cnoc1-c1ccc(Br)cc1Cl. The van der Waals surface area contributed by atoms with Gasteiger partial charge >= 0.3 is 0 Å². The summed E-state index contributed by atoms with van der Waals surface area (Å²) in [6.45, 7) is 0.700. The third kappa shape index (κ3) is 2.29. The highest BCUT2D eigenvalue weighted by Gasteiger charge is 2.13. The van der Waals surface area contributed by atoms with E-state index in [4.69, 9.17) is 16.1 Å².